The van der Waals surface area contributed by atoms with Crippen molar-refractivity contribution in [2.45, 2.75) is 32.6 Å². The van der Waals surface area contributed by atoms with Gasteiger partial charge in [0.1, 0.15) is 5.75 Å². The summed E-state index contributed by atoms with van der Waals surface area (Å²) in [4.78, 5) is 10.3. The van der Waals surface area contributed by atoms with Crippen LogP contribution in [0.15, 0.2) is 24.3 Å². The molecule has 1 aromatic carbocycles. The van der Waals surface area contributed by atoms with Gasteiger partial charge in [-0.1, -0.05) is 12.5 Å². The summed E-state index contributed by atoms with van der Waals surface area (Å²) >= 11 is 0. The van der Waals surface area contributed by atoms with Gasteiger partial charge in [-0.3, -0.25) is 4.79 Å². The summed E-state index contributed by atoms with van der Waals surface area (Å²) in [6.45, 7) is 3.48. The molecule has 2 N–H and O–H groups in total. The monoisotopic (exact) mass is 251 g/mol. The summed E-state index contributed by atoms with van der Waals surface area (Å²) in [7, 11) is 0. The number of aliphatic carboxylic acids is 1. The Kier molecular flexibility index (Phi) is 6.69. The van der Waals surface area contributed by atoms with E-state index in [4.69, 9.17) is 9.84 Å². The van der Waals surface area contributed by atoms with Crippen LogP contribution < -0.4 is 10.1 Å². The van der Waals surface area contributed by atoms with Gasteiger partial charge in [0.15, 0.2) is 0 Å². The highest BCUT2D eigenvalue weighted by molar-refractivity contribution is 5.66. The molecule has 0 aromatic heterocycles. The van der Waals surface area contributed by atoms with Crippen molar-refractivity contribution in [2.75, 3.05) is 18.5 Å². The molecular formula is C14H21NO3. The lowest BCUT2D eigenvalue weighted by Crippen LogP contribution is -2.02. The van der Waals surface area contributed by atoms with Gasteiger partial charge < -0.3 is 15.2 Å². The minimum atomic E-state index is -0.715. The van der Waals surface area contributed by atoms with Gasteiger partial charge in [-0.25, -0.2) is 0 Å². The Morgan fingerprint density at radius 3 is 2.89 bits per heavy atom. The van der Waals surface area contributed by atoms with Gasteiger partial charge in [0, 0.05) is 24.7 Å². The van der Waals surface area contributed by atoms with Crippen LogP contribution in [-0.2, 0) is 4.79 Å². The molecule has 0 aliphatic carbocycles. The van der Waals surface area contributed by atoms with Gasteiger partial charge in [-0.2, -0.15) is 0 Å². The van der Waals surface area contributed by atoms with Crippen LogP contribution in [0, 0.1) is 0 Å². The Morgan fingerprint density at radius 1 is 1.33 bits per heavy atom. The molecule has 0 heterocycles. The number of carboxylic acids is 1. The lowest BCUT2D eigenvalue weighted by Gasteiger charge is -2.08. The minimum Gasteiger partial charge on any atom is -0.494 e. The van der Waals surface area contributed by atoms with Crippen LogP contribution >= 0.6 is 0 Å². The van der Waals surface area contributed by atoms with E-state index >= 15 is 0 Å². The molecule has 0 radical (unpaired) electrons. The first kappa shape index (κ1) is 14.4. The fourth-order valence-electron chi connectivity index (χ4n) is 1.67. The average molecular weight is 251 g/mol. The smallest absolute Gasteiger partial charge is 0.303 e. The average Bonchev–Trinajstić information content (AvgIpc) is 2.34. The molecule has 0 aliphatic rings. The predicted molar refractivity (Wildman–Crippen MR) is 72.2 cm³/mol. The maximum atomic E-state index is 10.3. The lowest BCUT2D eigenvalue weighted by molar-refractivity contribution is -0.137. The van der Waals surface area contributed by atoms with Crippen LogP contribution in [0.4, 0.5) is 5.69 Å². The van der Waals surface area contributed by atoms with Gasteiger partial charge in [0.05, 0.1) is 6.61 Å². The number of anilines is 1. The fourth-order valence-corrected chi connectivity index (χ4v) is 1.67. The zero-order chi connectivity index (χ0) is 13.2. The van der Waals surface area contributed by atoms with Crippen LogP contribution in [0.3, 0.4) is 0 Å². The van der Waals surface area contributed by atoms with Crippen molar-refractivity contribution < 1.29 is 14.6 Å². The number of unbranched alkanes of at least 4 members (excludes halogenated alkanes) is 2. The van der Waals surface area contributed by atoms with Crippen LogP contribution in [0.25, 0.3) is 0 Å². The van der Waals surface area contributed by atoms with Crippen molar-refractivity contribution in [1.29, 1.82) is 0 Å². The summed E-state index contributed by atoms with van der Waals surface area (Å²) in [6, 6.07) is 7.86. The molecule has 0 amide bonds. The Morgan fingerprint density at radius 2 is 2.17 bits per heavy atom. The second-order valence-electron chi connectivity index (χ2n) is 4.09. The van der Waals surface area contributed by atoms with Crippen LogP contribution in [0.5, 0.6) is 5.75 Å². The van der Waals surface area contributed by atoms with Crippen molar-refractivity contribution in [2.24, 2.45) is 0 Å². The molecule has 0 spiro atoms. The molecule has 0 aliphatic heterocycles. The first-order valence-electron chi connectivity index (χ1n) is 6.41. The number of hydrogen-bond acceptors (Lipinski definition) is 3. The summed E-state index contributed by atoms with van der Waals surface area (Å²) in [5, 5.41) is 11.8. The minimum absolute atomic E-state index is 0.264. The second-order valence-corrected chi connectivity index (χ2v) is 4.09. The van der Waals surface area contributed by atoms with E-state index in [0.717, 1.165) is 37.2 Å². The first-order valence-corrected chi connectivity index (χ1v) is 6.41. The molecule has 1 rings (SSSR count). The van der Waals surface area contributed by atoms with Crippen molar-refractivity contribution >= 4 is 11.7 Å². The second kappa shape index (κ2) is 8.39. The highest BCUT2D eigenvalue weighted by Gasteiger charge is 1.98. The van der Waals surface area contributed by atoms with Gasteiger partial charge in [-0.15, -0.1) is 0 Å². The van der Waals surface area contributed by atoms with Gasteiger partial charge in [0.25, 0.3) is 0 Å². The van der Waals surface area contributed by atoms with Gasteiger partial charge in [0.2, 0.25) is 0 Å². The van der Waals surface area contributed by atoms with Crippen LogP contribution in [0.2, 0.25) is 0 Å². The fraction of sp³-hybridized carbons (Fsp3) is 0.500. The maximum Gasteiger partial charge on any atom is 0.303 e. The molecule has 1 aromatic rings. The molecule has 0 saturated heterocycles. The molecule has 100 valence electrons. The third kappa shape index (κ3) is 6.13. The van der Waals surface area contributed by atoms with Crippen molar-refractivity contribution in [1.82, 2.24) is 0 Å². The third-order valence-electron chi connectivity index (χ3n) is 2.54. The van der Waals surface area contributed by atoms with Gasteiger partial charge >= 0.3 is 5.97 Å². The number of carboxylic acid groups (broad SMARTS) is 1. The van der Waals surface area contributed by atoms with E-state index in [-0.39, 0.29) is 6.42 Å². The Balaban J connectivity index is 2.18. The zero-order valence-electron chi connectivity index (χ0n) is 10.8. The molecule has 0 bridgehead atoms. The van der Waals surface area contributed by atoms with E-state index in [0.29, 0.717) is 6.61 Å². The highest BCUT2D eigenvalue weighted by atomic mass is 16.5. The van der Waals surface area contributed by atoms with E-state index in [2.05, 4.69) is 5.32 Å². The number of ether oxygens (including phenoxy) is 1. The van der Waals surface area contributed by atoms with E-state index in [1.807, 2.05) is 31.2 Å². The van der Waals surface area contributed by atoms with Crippen molar-refractivity contribution in [3.05, 3.63) is 24.3 Å². The summed E-state index contributed by atoms with van der Waals surface area (Å²) in [5.41, 5.74) is 1.04. The van der Waals surface area contributed by atoms with E-state index in [1.54, 1.807) is 0 Å². The third-order valence-corrected chi connectivity index (χ3v) is 2.54. The van der Waals surface area contributed by atoms with Crippen LogP contribution in [0.1, 0.15) is 32.6 Å². The normalized spacial score (nSPS) is 10.1. The number of rotatable bonds is 9. The van der Waals surface area contributed by atoms with Crippen molar-refractivity contribution in [3.8, 4) is 5.75 Å². The number of nitrogens with one attached hydrogen (secondary N) is 1. The SMILES string of the molecule is CCOc1cccc(NCCCCCC(=O)O)c1. The summed E-state index contributed by atoms with van der Waals surface area (Å²) in [6.07, 6.45) is 2.92. The molecule has 4 heteroatoms. The topological polar surface area (TPSA) is 58.6 Å². The first-order chi connectivity index (χ1) is 8.72. The molecular weight excluding hydrogens is 230 g/mol. The van der Waals surface area contributed by atoms with E-state index in [9.17, 15) is 4.79 Å². The molecule has 4 nitrogen and oxygen atoms in total. The lowest BCUT2D eigenvalue weighted by atomic mass is 10.2. The maximum absolute atomic E-state index is 10.3. The molecule has 0 saturated carbocycles. The molecule has 0 fully saturated rings. The molecule has 0 atom stereocenters. The van der Waals surface area contributed by atoms with E-state index < -0.39 is 5.97 Å². The summed E-state index contributed by atoms with van der Waals surface area (Å²) < 4.78 is 5.41. The largest absolute Gasteiger partial charge is 0.494 e. The van der Waals surface area contributed by atoms with E-state index in [1.165, 1.54) is 0 Å². The number of carbonyl (C=O) groups is 1. The molecule has 18 heavy (non-hydrogen) atoms. The highest BCUT2D eigenvalue weighted by Crippen LogP contribution is 2.17. The van der Waals surface area contributed by atoms with Crippen molar-refractivity contribution in [3.63, 3.8) is 0 Å². The Bertz CT molecular complexity index is 366. The predicted octanol–water partition coefficient (Wildman–Crippen LogP) is 3.14. The Labute approximate surface area is 108 Å². The zero-order valence-corrected chi connectivity index (χ0v) is 10.8. The number of hydrogen-bond donors (Lipinski definition) is 2. The number of benzene rings is 1. The van der Waals surface area contributed by atoms with Gasteiger partial charge in [-0.05, 0) is 31.9 Å². The van der Waals surface area contributed by atoms with Crippen LogP contribution in [-0.4, -0.2) is 24.2 Å². The molecule has 0 unspecified atom stereocenters. The Hall–Kier alpha value is -1.71. The quantitative estimate of drug-likeness (QED) is 0.662. The summed E-state index contributed by atoms with van der Waals surface area (Å²) in [5.74, 6) is 0.153. The standard InChI is InChI=1S/C14H21NO3/c1-2-18-13-8-6-7-12(11-13)15-10-5-3-4-9-14(16)17/h6-8,11,15H,2-5,9-10H2,1H3,(H,16,17).